The van der Waals surface area contributed by atoms with Crippen LogP contribution in [0, 0.1) is 17.0 Å². The molecule has 0 N–H and O–H groups in total. The predicted molar refractivity (Wildman–Crippen MR) is 79.9 cm³/mol. The van der Waals surface area contributed by atoms with E-state index in [-0.39, 0.29) is 39.8 Å². The fourth-order valence-corrected chi connectivity index (χ4v) is 2.42. The number of nitrogens with zero attached hydrogens (tertiary/aromatic N) is 3. The number of nitro benzene ring substituents is 1. The van der Waals surface area contributed by atoms with Gasteiger partial charge < -0.3 is 9.47 Å². The van der Waals surface area contributed by atoms with Crippen LogP contribution in [0.5, 0.6) is 17.4 Å². The van der Waals surface area contributed by atoms with Crippen LogP contribution in [0.1, 0.15) is 12.1 Å². The predicted octanol–water partition coefficient (Wildman–Crippen LogP) is 4.03. The normalized spacial score (nSPS) is 10.9. The van der Waals surface area contributed by atoms with Crippen molar-refractivity contribution in [3.05, 3.63) is 45.4 Å². The van der Waals surface area contributed by atoms with Gasteiger partial charge in [-0.05, 0) is 28.9 Å². The fraction of sp³-hybridized carbons (Fsp3) is 0.231. The van der Waals surface area contributed by atoms with Crippen molar-refractivity contribution in [1.29, 1.82) is 0 Å². The first-order chi connectivity index (χ1) is 10.8. The summed E-state index contributed by atoms with van der Waals surface area (Å²) in [6, 6.07) is 3.77. The summed E-state index contributed by atoms with van der Waals surface area (Å²) in [4.78, 5) is 10.3. The number of aromatic nitrogens is 2. The lowest BCUT2D eigenvalue weighted by Crippen LogP contribution is -1.99. The van der Waals surface area contributed by atoms with Crippen molar-refractivity contribution in [2.75, 3.05) is 6.61 Å². The first-order valence-corrected chi connectivity index (χ1v) is 7.03. The van der Waals surface area contributed by atoms with Crippen LogP contribution in [0.25, 0.3) is 0 Å². The van der Waals surface area contributed by atoms with Gasteiger partial charge in [0.25, 0.3) is 12.3 Å². The van der Waals surface area contributed by atoms with Crippen LogP contribution in [0.15, 0.2) is 22.7 Å². The highest BCUT2D eigenvalue weighted by Crippen LogP contribution is 2.38. The van der Waals surface area contributed by atoms with E-state index < -0.39 is 11.3 Å². The van der Waals surface area contributed by atoms with Gasteiger partial charge in [-0.3, -0.25) is 14.8 Å². The largest absolute Gasteiger partial charge is 0.487 e. The topological polar surface area (TPSA) is 79.4 Å². The minimum absolute atomic E-state index is 0.00739. The van der Waals surface area contributed by atoms with Crippen molar-refractivity contribution >= 4 is 21.6 Å². The van der Waals surface area contributed by atoms with Gasteiger partial charge in [0.2, 0.25) is 5.75 Å². The molecule has 0 aliphatic heterocycles. The molecule has 0 bridgehead atoms. The van der Waals surface area contributed by atoms with Crippen LogP contribution in [0.4, 0.5) is 14.5 Å². The molecule has 0 amide bonds. The van der Waals surface area contributed by atoms with Gasteiger partial charge in [-0.1, -0.05) is 0 Å². The van der Waals surface area contributed by atoms with E-state index in [0.717, 1.165) is 4.68 Å². The van der Waals surface area contributed by atoms with E-state index in [1.54, 1.807) is 0 Å². The minimum atomic E-state index is -2.74. The molecule has 0 fully saturated rings. The van der Waals surface area contributed by atoms with Crippen molar-refractivity contribution in [3.63, 3.8) is 0 Å². The van der Waals surface area contributed by atoms with Gasteiger partial charge in [0.1, 0.15) is 15.9 Å². The number of halogens is 3. The first-order valence-electron chi connectivity index (χ1n) is 6.24. The molecule has 0 aliphatic rings. The summed E-state index contributed by atoms with van der Waals surface area (Å²) in [6.07, 6.45) is -2.74. The lowest BCUT2D eigenvalue weighted by molar-refractivity contribution is -0.385. The molecule has 1 aromatic carbocycles. The van der Waals surface area contributed by atoms with Gasteiger partial charge in [0.15, 0.2) is 0 Å². The molecule has 1 radical (unpaired) electrons. The molecule has 23 heavy (non-hydrogen) atoms. The number of rotatable bonds is 6. The molecule has 123 valence electrons. The maximum Gasteiger partial charge on any atom is 0.311 e. The van der Waals surface area contributed by atoms with E-state index in [9.17, 15) is 18.9 Å². The van der Waals surface area contributed by atoms with Crippen LogP contribution < -0.4 is 9.47 Å². The summed E-state index contributed by atoms with van der Waals surface area (Å²) in [7, 11) is 1.35. The average Bonchev–Trinajstić information content (AvgIpc) is 2.73. The third kappa shape index (κ3) is 3.58. The molecule has 7 nitrogen and oxygen atoms in total. The highest BCUT2D eigenvalue weighted by Gasteiger charge is 2.24. The molecule has 2 aromatic rings. The van der Waals surface area contributed by atoms with Crippen molar-refractivity contribution in [2.24, 2.45) is 7.05 Å². The number of nitro groups is 1. The Morgan fingerprint density at radius 3 is 2.74 bits per heavy atom. The summed E-state index contributed by atoms with van der Waals surface area (Å²) >= 11 is 3.01. The zero-order valence-electron chi connectivity index (χ0n) is 11.8. The minimum Gasteiger partial charge on any atom is -0.487 e. The van der Waals surface area contributed by atoms with E-state index in [1.165, 1.54) is 25.2 Å². The van der Waals surface area contributed by atoms with Crippen LogP contribution >= 0.6 is 15.9 Å². The summed E-state index contributed by atoms with van der Waals surface area (Å²) in [5.41, 5.74) is -0.592. The van der Waals surface area contributed by atoms with E-state index in [0.29, 0.717) is 0 Å². The van der Waals surface area contributed by atoms with E-state index in [1.807, 2.05) is 0 Å². The Hall–Kier alpha value is -2.23. The first kappa shape index (κ1) is 17.1. The third-order valence-corrected chi connectivity index (χ3v) is 3.55. The Kier molecular flexibility index (Phi) is 5.14. The Morgan fingerprint density at radius 1 is 1.52 bits per heavy atom. The van der Waals surface area contributed by atoms with E-state index >= 15 is 0 Å². The summed E-state index contributed by atoms with van der Waals surface area (Å²) in [5.74, 6) is 0.0273. The molecule has 1 aromatic heterocycles. The summed E-state index contributed by atoms with van der Waals surface area (Å²) < 4.78 is 37.3. The molecule has 0 atom stereocenters. The second-order valence-corrected chi connectivity index (χ2v) is 5.06. The highest BCUT2D eigenvalue weighted by atomic mass is 79.9. The molecule has 0 saturated carbocycles. The Labute approximate surface area is 138 Å². The number of hydrogen-bond acceptors (Lipinski definition) is 5. The SMILES string of the molecule is [CH2]COc1cc(Oc2nn(C)c(C(F)F)c2Br)ccc1[N+](=O)[O-]. The smallest absolute Gasteiger partial charge is 0.311 e. The zero-order valence-corrected chi connectivity index (χ0v) is 13.4. The quantitative estimate of drug-likeness (QED) is 0.549. The van der Waals surface area contributed by atoms with Gasteiger partial charge >= 0.3 is 5.69 Å². The lowest BCUT2D eigenvalue weighted by atomic mass is 10.3. The van der Waals surface area contributed by atoms with E-state index in [2.05, 4.69) is 28.0 Å². The Bertz CT molecular complexity index is 736. The average molecular weight is 391 g/mol. The number of alkyl halides is 2. The molecule has 0 unspecified atom stereocenters. The number of benzene rings is 1. The molecular formula is C13H11BrF2N3O4. The standard InChI is InChI=1S/C13H11BrF2N3O4/c1-3-22-9-6-7(4-5-8(9)19(20)21)23-13-10(14)11(12(15)16)18(2)17-13/h4-6,12H,1,3H2,2H3. The molecule has 10 heteroatoms. The third-order valence-electron chi connectivity index (χ3n) is 2.81. The molecule has 0 spiro atoms. The maximum absolute atomic E-state index is 12.9. The van der Waals surface area contributed by atoms with Crippen molar-refractivity contribution in [1.82, 2.24) is 9.78 Å². The van der Waals surface area contributed by atoms with Gasteiger partial charge in [-0.2, -0.15) is 0 Å². The van der Waals surface area contributed by atoms with Crippen molar-refractivity contribution in [2.45, 2.75) is 6.43 Å². The second kappa shape index (κ2) is 6.90. The number of ether oxygens (including phenoxy) is 2. The number of hydrogen-bond donors (Lipinski definition) is 0. The molecule has 0 saturated heterocycles. The molecule has 0 aliphatic carbocycles. The molecular weight excluding hydrogens is 380 g/mol. The van der Waals surface area contributed by atoms with Crippen LogP contribution in [-0.2, 0) is 7.05 Å². The lowest BCUT2D eigenvalue weighted by Gasteiger charge is -2.07. The Morgan fingerprint density at radius 2 is 2.22 bits per heavy atom. The maximum atomic E-state index is 12.9. The van der Waals surface area contributed by atoms with Gasteiger partial charge in [-0.15, -0.1) is 5.10 Å². The highest BCUT2D eigenvalue weighted by molar-refractivity contribution is 9.10. The molecule has 1 heterocycles. The second-order valence-electron chi connectivity index (χ2n) is 4.27. The summed E-state index contributed by atoms with van der Waals surface area (Å²) in [6.45, 7) is 3.43. The van der Waals surface area contributed by atoms with Gasteiger partial charge in [0, 0.05) is 19.2 Å². The van der Waals surface area contributed by atoms with Crippen molar-refractivity contribution < 1.29 is 23.2 Å². The van der Waals surface area contributed by atoms with Crippen LogP contribution in [0.2, 0.25) is 0 Å². The summed E-state index contributed by atoms with van der Waals surface area (Å²) in [5, 5.41) is 14.7. The monoisotopic (exact) mass is 390 g/mol. The zero-order chi connectivity index (χ0) is 17.1. The molecule has 2 rings (SSSR count). The van der Waals surface area contributed by atoms with Crippen LogP contribution in [0.3, 0.4) is 0 Å². The Balaban J connectivity index is 2.36. The fourth-order valence-electron chi connectivity index (χ4n) is 1.83. The van der Waals surface area contributed by atoms with Crippen molar-refractivity contribution in [3.8, 4) is 17.4 Å². The van der Waals surface area contributed by atoms with Gasteiger partial charge in [-0.25, -0.2) is 8.78 Å². The van der Waals surface area contributed by atoms with Gasteiger partial charge in [0.05, 0.1) is 11.5 Å². The number of aryl methyl sites for hydroxylation is 1. The van der Waals surface area contributed by atoms with Crippen LogP contribution in [-0.4, -0.2) is 21.3 Å². The van der Waals surface area contributed by atoms with E-state index in [4.69, 9.17) is 9.47 Å².